The Labute approximate surface area is 157 Å². The van der Waals surface area contributed by atoms with Crippen LogP contribution >= 0.6 is 11.8 Å². The second-order valence-corrected chi connectivity index (χ2v) is 7.26. The van der Waals surface area contributed by atoms with E-state index in [0.29, 0.717) is 28.9 Å². The van der Waals surface area contributed by atoms with Gasteiger partial charge in [0.2, 0.25) is 5.89 Å². The number of thioether (sulfide) groups is 1. The van der Waals surface area contributed by atoms with Crippen LogP contribution in [0.4, 0.5) is 5.69 Å². The number of nitrogens with zero attached hydrogens (tertiary/aromatic N) is 2. The summed E-state index contributed by atoms with van der Waals surface area (Å²) in [5.41, 5.74) is 2.66. The summed E-state index contributed by atoms with van der Waals surface area (Å²) in [6.07, 6.45) is 0. The molecule has 0 atom stereocenters. The van der Waals surface area contributed by atoms with Crippen molar-refractivity contribution in [3.8, 4) is 0 Å². The summed E-state index contributed by atoms with van der Waals surface area (Å²) in [5, 5.41) is 6.85. The predicted octanol–water partition coefficient (Wildman–Crippen LogP) is 5.05. The number of aryl methyl sites for hydroxylation is 1. The minimum atomic E-state index is -0.130. The first kappa shape index (κ1) is 18.2. The summed E-state index contributed by atoms with van der Waals surface area (Å²) >= 11 is 1.51. The third kappa shape index (κ3) is 4.52. The standard InChI is InChI=1S/C20H21N3O2S/c1-13(2)15-8-10-16(11-9-15)22-20(24)17-6-4-5-7-18(17)26-12-19-21-14(3)25-23-19/h4-11,13H,12H2,1-3H3,(H,22,24). The molecule has 0 aliphatic carbocycles. The van der Waals surface area contributed by atoms with Gasteiger partial charge in [0.25, 0.3) is 5.91 Å². The fourth-order valence-corrected chi connectivity index (χ4v) is 3.37. The zero-order valence-electron chi connectivity index (χ0n) is 15.0. The van der Waals surface area contributed by atoms with E-state index < -0.39 is 0 Å². The van der Waals surface area contributed by atoms with Crippen molar-refractivity contribution in [2.45, 2.75) is 37.3 Å². The SMILES string of the molecule is Cc1nc(CSc2ccccc2C(=O)Nc2ccc(C(C)C)cc2)no1. The molecule has 1 aromatic heterocycles. The molecule has 1 N–H and O–H groups in total. The number of amides is 1. The second-order valence-electron chi connectivity index (χ2n) is 6.25. The zero-order valence-corrected chi connectivity index (χ0v) is 15.8. The van der Waals surface area contributed by atoms with Crippen LogP contribution in [0.1, 0.15) is 47.4 Å². The molecule has 0 radical (unpaired) electrons. The van der Waals surface area contributed by atoms with Crippen molar-refractivity contribution in [1.29, 1.82) is 0 Å². The van der Waals surface area contributed by atoms with Crippen LogP contribution in [0.2, 0.25) is 0 Å². The van der Waals surface area contributed by atoms with Gasteiger partial charge in [-0.05, 0) is 35.7 Å². The van der Waals surface area contributed by atoms with Crippen LogP contribution in [0.15, 0.2) is 57.9 Å². The molecule has 134 valence electrons. The van der Waals surface area contributed by atoms with Crippen molar-refractivity contribution < 1.29 is 9.32 Å². The smallest absolute Gasteiger partial charge is 0.256 e. The van der Waals surface area contributed by atoms with Crippen LogP contribution in [0.3, 0.4) is 0 Å². The topological polar surface area (TPSA) is 68.0 Å². The molecule has 2 aromatic carbocycles. The van der Waals surface area contributed by atoms with E-state index >= 15 is 0 Å². The lowest BCUT2D eigenvalue weighted by molar-refractivity contribution is 0.102. The first-order chi connectivity index (χ1) is 12.5. The molecule has 5 nitrogen and oxygen atoms in total. The molecule has 0 aliphatic rings. The Kier molecular flexibility index (Phi) is 5.73. The van der Waals surface area contributed by atoms with Gasteiger partial charge in [0.1, 0.15) is 0 Å². The molecule has 0 saturated carbocycles. The summed E-state index contributed by atoms with van der Waals surface area (Å²) in [5.74, 6) is 2.04. The largest absolute Gasteiger partial charge is 0.340 e. The molecule has 0 saturated heterocycles. The lowest BCUT2D eigenvalue weighted by Gasteiger charge is -2.11. The Morgan fingerprint density at radius 1 is 1.15 bits per heavy atom. The number of hydrogen-bond acceptors (Lipinski definition) is 5. The van der Waals surface area contributed by atoms with E-state index in [4.69, 9.17) is 4.52 Å². The maximum absolute atomic E-state index is 12.7. The van der Waals surface area contributed by atoms with Crippen LogP contribution in [-0.4, -0.2) is 16.0 Å². The maximum Gasteiger partial charge on any atom is 0.256 e. The number of carbonyl (C=O) groups is 1. The Hall–Kier alpha value is -2.60. The van der Waals surface area contributed by atoms with Crippen molar-refractivity contribution in [3.05, 3.63) is 71.4 Å². The molecule has 26 heavy (non-hydrogen) atoms. The number of anilines is 1. The monoisotopic (exact) mass is 367 g/mol. The van der Waals surface area contributed by atoms with E-state index in [0.717, 1.165) is 10.6 Å². The molecular formula is C20H21N3O2S. The van der Waals surface area contributed by atoms with Crippen molar-refractivity contribution in [2.24, 2.45) is 0 Å². The van der Waals surface area contributed by atoms with Crippen LogP contribution in [0, 0.1) is 6.92 Å². The van der Waals surface area contributed by atoms with Crippen LogP contribution in [-0.2, 0) is 5.75 Å². The minimum absolute atomic E-state index is 0.130. The molecule has 3 aromatic rings. The Morgan fingerprint density at radius 2 is 1.88 bits per heavy atom. The van der Waals surface area contributed by atoms with Crippen LogP contribution in [0.25, 0.3) is 0 Å². The molecule has 0 bridgehead atoms. The number of carbonyl (C=O) groups excluding carboxylic acids is 1. The Morgan fingerprint density at radius 3 is 2.54 bits per heavy atom. The molecule has 1 amide bonds. The van der Waals surface area contributed by atoms with E-state index in [1.54, 1.807) is 6.92 Å². The molecule has 6 heteroatoms. The molecule has 3 rings (SSSR count). The number of benzene rings is 2. The van der Waals surface area contributed by atoms with Crippen molar-refractivity contribution in [2.75, 3.05) is 5.32 Å². The van der Waals surface area contributed by atoms with Gasteiger partial charge in [-0.1, -0.05) is 43.3 Å². The summed E-state index contributed by atoms with van der Waals surface area (Å²) in [7, 11) is 0. The fourth-order valence-electron chi connectivity index (χ4n) is 2.47. The van der Waals surface area contributed by atoms with Gasteiger partial charge in [-0.25, -0.2) is 0 Å². The third-order valence-electron chi connectivity index (χ3n) is 3.89. The average molecular weight is 367 g/mol. The lowest BCUT2D eigenvalue weighted by Crippen LogP contribution is -2.13. The number of nitrogens with one attached hydrogen (secondary N) is 1. The third-order valence-corrected chi connectivity index (χ3v) is 4.96. The fraction of sp³-hybridized carbons (Fsp3) is 0.250. The Balaban J connectivity index is 1.70. The second kappa shape index (κ2) is 8.19. The molecule has 1 heterocycles. The number of aromatic nitrogens is 2. The van der Waals surface area contributed by atoms with Gasteiger partial charge in [0, 0.05) is 17.5 Å². The van der Waals surface area contributed by atoms with Gasteiger partial charge in [-0.15, -0.1) is 11.8 Å². The van der Waals surface area contributed by atoms with Crippen molar-refractivity contribution in [1.82, 2.24) is 10.1 Å². The zero-order chi connectivity index (χ0) is 18.5. The molecule has 0 spiro atoms. The predicted molar refractivity (Wildman–Crippen MR) is 104 cm³/mol. The maximum atomic E-state index is 12.7. The highest BCUT2D eigenvalue weighted by molar-refractivity contribution is 7.98. The molecule has 0 fully saturated rings. The van der Waals surface area contributed by atoms with Crippen molar-refractivity contribution >= 4 is 23.4 Å². The molecule has 0 unspecified atom stereocenters. The highest BCUT2D eigenvalue weighted by Gasteiger charge is 2.13. The van der Waals surface area contributed by atoms with Gasteiger partial charge in [-0.3, -0.25) is 4.79 Å². The van der Waals surface area contributed by atoms with Crippen molar-refractivity contribution in [3.63, 3.8) is 0 Å². The van der Waals surface area contributed by atoms with E-state index in [2.05, 4.69) is 29.3 Å². The van der Waals surface area contributed by atoms with E-state index in [1.807, 2.05) is 48.5 Å². The Bertz CT molecular complexity index is 888. The quantitative estimate of drug-likeness (QED) is 0.618. The number of hydrogen-bond donors (Lipinski definition) is 1. The number of rotatable bonds is 6. The first-order valence-electron chi connectivity index (χ1n) is 8.45. The van der Waals surface area contributed by atoms with Gasteiger partial charge < -0.3 is 9.84 Å². The van der Waals surface area contributed by atoms with Gasteiger partial charge in [0.15, 0.2) is 5.82 Å². The van der Waals surface area contributed by atoms with Crippen LogP contribution < -0.4 is 5.32 Å². The minimum Gasteiger partial charge on any atom is -0.340 e. The average Bonchev–Trinajstić information content (AvgIpc) is 3.06. The van der Waals surface area contributed by atoms with E-state index in [9.17, 15) is 4.79 Å². The highest BCUT2D eigenvalue weighted by Crippen LogP contribution is 2.26. The highest BCUT2D eigenvalue weighted by atomic mass is 32.2. The normalized spacial score (nSPS) is 10.9. The van der Waals surface area contributed by atoms with E-state index in [1.165, 1.54) is 17.3 Å². The lowest BCUT2D eigenvalue weighted by atomic mass is 10.0. The summed E-state index contributed by atoms with van der Waals surface area (Å²) in [6, 6.07) is 15.5. The summed E-state index contributed by atoms with van der Waals surface area (Å²) < 4.78 is 4.98. The van der Waals surface area contributed by atoms with Gasteiger partial charge in [-0.2, -0.15) is 4.98 Å². The van der Waals surface area contributed by atoms with Gasteiger partial charge >= 0.3 is 0 Å². The molecular weight excluding hydrogens is 346 g/mol. The van der Waals surface area contributed by atoms with Gasteiger partial charge in [0.05, 0.1) is 11.3 Å². The summed E-state index contributed by atoms with van der Waals surface area (Å²) in [6.45, 7) is 6.05. The van der Waals surface area contributed by atoms with Crippen LogP contribution in [0.5, 0.6) is 0 Å². The first-order valence-corrected chi connectivity index (χ1v) is 9.44. The summed E-state index contributed by atoms with van der Waals surface area (Å²) in [4.78, 5) is 17.8. The van der Waals surface area contributed by atoms with E-state index in [-0.39, 0.29) is 5.91 Å². The molecule has 0 aliphatic heterocycles.